The predicted molar refractivity (Wildman–Crippen MR) is 109 cm³/mol. The van der Waals surface area contributed by atoms with Gasteiger partial charge in [-0.25, -0.2) is 0 Å². The first-order chi connectivity index (χ1) is 12.9. The van der Waals surface area contributed by atoms with Crippen molar-refractivity contribution in [2.75, 3.05) is 0 Å². The van der Waals surface area contributed by atoms with Crippen molar-refractivity contribution in [3.05, 3.63) is 84.5 Å². The van der Waals surface area contributed by atoms with Crippen molar-refractivity contribution >= 4 is 41.6 Å². The van der Waals surface area contributed by atoms with Gasteiger partial charge in [-0.3, -0.25) is 9.89 Å². The first kappa shape index (κ1) is 19.3. The SMILES string of the molecule is Cc1n[nH]c(=S)n(/N=C/c2cccc(OCc3ccc(Cl)cc3Cl)c2)c1=O. The standard InChI is InChI=1S/C18H14Cl2N4O2S/c1-11-17(25)24(18(27)23-22-11)21-9-12-3-2-4-15(7-12)26-10-13-5-6-14(19)8-16(13)20/h2-9H,10H2,1H3,(H,23,27)/b21-9+. The fraction of sp³-hybridized carbons (Fsp3) is 0.111. The number of benzene rings is 2. The van der Waals surface area contributed by atoms with Crippen LogP contribution in [0, 0.1) is 11.7 Å². The number of ether oxygens (including phenoxy) is 1. The molecule has 0 atom stereocenters. The molecular weight excluding hydrogens is 407 g/mol. The van der Waals surface area contributed by atoms with Crippen LogP contribution in [-0.2, 0) is 6.61 Å². The molecule has 0 radical (unpaired) electrons. The molecule has 0 amide bonds. The number of halogens is 2. The molecule has 0 fully saturated rings. The smallest absolute Gasteiger partial charge is 0.296 e. The summed E-state index contributed by atoms with van der Waals surface area (Å²) in [5, 5.41) is 11.6. The summed E-state index contributed by atoms with van der Waals surface area (Å²) < 4.78 is 6.98. The van der Waals surface area contributed by atoms with Gasteiger partial charge in [0.15, 0.2) is 0 Å². The summed E-state index contributed by atoms with van der Waals surface area (Å²) in [7, 11) is 0. The fourth-order valence-electron chi connectivity index (χ4n) is 2.19. The van der Waals surface area contributed by atoms with Gasteiger partial charge in [-0.1, -0.05) is 41.4 Å². The fourth-order valence-corrected chi connectivity index (χ4v) is 2.82. The number of aryl methyl sites for hydroxylation is 1. The molecule has 3 aromatic rings. The van der Waals surface area contributed by atoms with Crippen molar-refractivity contribution < 1.29 is 4.74 Å². The number of aromatic amines is 1. The largest absolute Gasteiger partial charge is 0.489 e. The zero-order valence-electron chi connectivity index (χ0n) is 14.1. The Morgan fingerprint density at radius 3 is 2.89 bits per heavy atom. The van der Waals surface area contributed by atoms with Crippen molar-refractivity contribution in [1.29, 1.82) is 0 Å². The summed E-state index contributed by atoms with van der Waals surface area (Å²) in [6.07, 6.45) is 1.52. The third-order valence-electron chi connectivity index (χ3n) is 3.60. The number of hydrogen-bond donors (Lipinski definition) is 1. The molecule has 0 aliphatic rings. The molecule has 0 saturated carbocycles. The highest BCUT2D eigenvalue weighted by Crippen LogP contribution is 2.23. The Morgan fingerprint density at radius 1 is 1.30 bits per heavy atom. The van der Waals surface area contributed by atoms with Gasteiger partial charge < -0.3 is 4.74 Å². The normalized spacial score (nSPS) is 11.1. The Bertz CT molecular complexity index is 1120. The number of aromatic nitrogens is 3. The van der Waals surface area contributed by atoms with Gasteiger partial charge in [0.25, 0.3) is 5.56 Å². The molecule has 0 spiro atoms. The minimum atomic E-state index is -0.375. The van der Waals surface area contributed by atoms with Gasteiger partial charge >= 0.3 is 0 Å². The van der Waals surface area contributed by atoms with Crippen molar-refractivity contribution in [2.24, 2.45) is 5.10 Å². The predicted octanol–water partition coefficient (Wildman–Crippen LogP) is 4.38. The Kier molecular flexibility index (Phi) is 6.05. The quantitative estimate of drug-likeness (QED) is 0.490. The summed E-state index contributed by atoms with van der Waals surface area (Å²) >= 11 is 17.1. The van der Waals surface area contributed by atoms with E-state index in [9.17, 15) is 4.79 Å². The summed E-state index contributed by atoms with van der Waals surface area (Å²) in [5.74, 6) is 0.633. The van der Waals surface area contributed by atoms with Gasteiger partial charge in [0.1, 0.15) is 18.1 Å². The van der Waals surface area contributed by atoms with Crippen LogP contribution in [0.4, 0.5) is 0 Å². The van der Waals surface area contributed by atoms with Crippen molar-refractivity contribution in [3.63, 3.8) is 0 Å². The van der Waals surface area contributed by atoms with Gasteiger partial charge in [-0.05, 0) is 49.0 Å². The number of nitrogens with zero attached hydrogens (tertiary/aromatic N) is 3. The van der Waals surface area contributed by atoms with E-state index in [-0.39, 0.29) is 16.0 Å². The van der Waals surface area contributed by atoms with Crippen molar-refractivity contribution in [3.8, 4) is 5.75 Å². The van der Waals surface area contributed by atoms with Crippen LogP contribution in [0.15, 0.2) is 52.4 Å². The monoisotopic (exact) mass is 420 g/mol. The average molecular weight is 421 g/mol. The molecule has 0 aliphatic carbocycles. The van der Waals surface area contributed by atoms with Crippen LogP contribution in [0.25, 0.3) is 0 Å². The zero-order valence-corrected chi connectivity index (χ0v) is 16.5. The van der Waals surface area contributed by atoms with Crippen LogP contribution >= 0.6 is 35.4 Å². The van der Waals surface area contributed by atoms with Crippen LogP contribution in [0.5, 0.6) is 5.75 Å². The Hall–Kier alpha value is -2.48. The first-order valence-electron chi connectivity index (χ1n) is 7.83. The molecule has 0 unspecified atom stereocenters. The van der Waals surface area contributed by atoms with E-state index in [4.69, 9.17) is 40.2 Å². The molecular formula is C18H14Cl2N4O2S. The lowest BCUT2D eigenvalue weighted by atomic mass is 10.2. The molecule has 3 rings (SSSR count). The third kappa shape index (κ3) is 4.82. The van der Waals surface area contributed by atoms with E-state index in [1.54, 1.807) is 25.1 Å². The topological polar surface area (TPSA) is 72.3 Å². The molecule has 0 saturated heterocycles. The van der Waals surface area contributed by atoms with Crippen LogP contribution < -0.4 is 10.3 Å². The van der Waals surface area contributed by atoms with Crippen molar-refractivity contribution in [2.45, 2.75) is 13.5 Å². The minimum absolute atomic E-state index is 0.117. The summed E-state index contributed by atoms with van der Waals surface area (Å²) in [6.45, 7) is 1.88. The maximum Gasteiger partial charge on any atom is 0.296 e. The highest BCUT2D eigenvalue weighted by Gasteiger charge is 2.04. The molecule has 2 aromatic carbocycles. The molecule has 0 aliphatic heterocycles. The van der Waals surface area contributed by atoms with Crippen LogP contribution in [0.1, 0.15) is 16.8 Å². The zero-order chi connectivity index (χ0) is 19.4. The van der Waals surface area contributed by atoms with E-state index in [0.717, 1.165) is 15.8 Å². The Labute approximate surface area is 170 Å². The first-order valence-corrected chi connectivity index (χ1v) is 9.00. The van der Waals surface area contributed by atoms with Crippen molar-refractivity contribution in [1.82, 2.24) is 14.9 Å². The van der Waals surface area contributed by atoms with E-state index in [0.29, 0.717) is 22.4 Å². The number of hydrogen-bond acceptors (Lipinski definition) is 5. The van der Waals surface area contributed by atoms with E-state index in [2.05, 4.69) is 15.3 Å². The average Bonchev–Trinajstić information content (AvgIpc) is 2.64. The van der Waals surface area contributed by atoms with Gasteiger partial charge in [0.05, 0.1) is 6.21 Å². The van der Waals surface area contributed by atoms with E-state index in [1.165, 1.54) is 6.21 Å². The molecule has 0 bridgehead atoms. The maximum absolute atomic E-state index is 12.0. The third-order valence-corrected chi connectivity index (χ3v) is 4.45. The van der Waals surface area contributed by atoms with E-state index >= 15 is 0 Å². The molecule has 1 heterocycles. The Balaban J connectivity index is 1.77. The minimum Gasteiger partial charge on any atom is -0.489 e. The second kappa shape index (κ2) is 8.47. The van der Waals surface area contributed by atoms with Crippen LogP contribution in [-0.4, -0.2) is 21.1 Å². The second-order valence-corrected chi connectivity index (χ2v) is 6.80. The number of nitrogens with one attached hydrogen (secondary N) is 1. The summed E-state index contributed by atoms with van der Waals surface area (Å²) in [4.78, 5) is 12.0. The molecule has 6 nitrogen and oxygen atoms in total. The van der Waals surface area contributed by atoms with Gasteiger partial charge in [-0.15, -0.1) is 0 Å². The van der Waals surface area contributed by atoms with Gasteiger partial charge in [0.2, 0.25) is 4.77 Å². The Morgan fingerprint density at radius 2 is 2.11 bits per heavy atom. The molecule has 9 heteroatoms. The number of rotatable bonds is 5. The van der Waals surface area contributed by atoms with Gasteiger partial charge in [-0.2, -0.15) is 14.9 Å². The van der Waals surface area contributed by atoms with Crippen LogP contribution in [0.3, 0.4) is 0 Å². The second-order valence-electron chi connectivity index (χ2n) is 5.57. The molecule has 27 heavy (non-hydrogen) atoms. The summed E-state index contributed by atoms with van der Waals surface area (Å²) in [6, 6.07) is 12.5. The van der Waals surface area contributed by atoms with E-state index in [1.807, 2.05) is 24.3 Å². The molecule has 1 aromatic heterocycles. The lowest BCUT2D eigenvalue weighted by Gasteiger charge is -2.08. The molecule has 138 valence electrons. The van der Waals surface area contributed by atoms with Crippen LogP contribution in [0.2, 0.25) is 10.0 Å². The highest BCUT2D eigenvalue weighted by atomic mass is 35.5. The maximum atomic E-state index is 12.0. The lowest BCUT2D eigenvalue weighted by molar-refractivity contribution is 0.306. The highest BCUT2D eigenvalue weighted by molar-refractivity contribution is 7.71. The number of H-pyrrole nitrogens is 1. The van der Waals surface area contributed by atoms with Gasteiger partial charge in [0, 0.05) is 15.6 Å². The van der Waals surface area contributed by atoms with E-state index < -0.39 is 0 Å². The summed E-state index contributed by atoms with van der Waals surface area (Å²) in [5.41, 5.74) is 1.47. The lowest BCUT2D eigenvalue weighted by Crippen LogP contribution is -2.22. The molecule has 1 N–H and O–H groups in total.